The maximum Gasteiger partial charge on any atom is 0.294 e. The predicted octanol–water partition coefficient (Wildman–Crippen LogP) is 2.40. The van der Waals surface area contributed by atoms with E-state index in [9.17, 15) is 18.0 Å². The number of carbonyl (C=O) groups is 1. The number of hydrogen-bond acceptors (Lipinski definition) is 7. The van der Waals surface area contributed by atoms with Gasteiger partial charge in [-0.25, -0.2) is 0 Å². The van der Waals surface area contributed by atoms with Gasteiger partial charge < -0.3 is 19.8 Å². The number of fused-ring (bicyclic) bond motifs is 2. The van der Waals surface area contributed by atoms with Gasteiger partial charge >= 0.3 is 0 Å². The molecule has 10 nitrogen and oxygen atoms in total. The standard InChI is InChI=1S/C16H23N3O4.C7H8O3S/c1-2-3-4-5-9-23-15-12(20)6-7-19-14(15)16(21)18-8-10-22-11-13(18)17-19;1-6-2-4-7(5-3-6)11(8,9)10/h6-7,13,17H,2-5,8-11H2,1H3;2-5H,1H3,(H,8,9,10). The van der Waals surface area contributed by atoms with Crippen LogP contribution in [0.25, 0.3) is 0 Å². The molecule has 2 aliphatic rings. The molecule has 1 unspecified atom stereocenters. The molecule has 0 spiro atoms. The van der Waals surface area contributed by atoms with Gasteiger partial charge in [-0.2, -0.15) is 8.42 Å². The van der Waals surface area contributed by atoms with Crippen LogP contribution < -0.4 is 15.6 Å². The number of aryl methyl sites for hydroxylation is 1. The lowest BCUT2D eigenvalue weighted by Crippen LogP contribution is -2.59. The topological polar surface area (TPSA) is 127 Å². The molecule has 2 aromatic rings. The third-order valence-electron chi connectivity index (χ3n) is 5.50. The van der Waals surface area contributed by atoms with Crippen LogP contribution in [0.3, 0.4) is 0 Å². The Morgan fingerprint density at radius 1 is 1.15 bits per heavy atom. The van der Waals surface area contributed by atoms with Crippen LogP contribution in [0.15, 0.2) is 46.2 Å². The minimum Gasteiger partial charge on any atom is -0.487 e. The molecule has 0 bridgehead atoms. The molecule has 1 saturated heterocycles. The van der Waals surface area contributed by atoms with Crippen molar-refractivity contribution in [2.45, 2.75) is 50.6 Å². The maximum absolute atomic E-state index is 12.7. The highest BCUT2D eigenvalue weighted by Gasteiger charge is 2.36. The van der Waals surface area contributed by atoms with Crippen molar-refractivity contribution < 1.29 is 27.2 Å². The molecule has 4 rings (SSSR count). The first-order chi connectivity index (χ1) is 16.2. The second-order valence-corrected chi connectivity index (χ2v) is 9.56. The van der Waals surface area contributed by atoms with Crippen LogP contribution in [0.4, 0.5) is 0 Å². The van der Waals surface area contributed by atoms with Gasteiger partial charge in [0.2, 0.25) is 5.43 Å². The number of unbranched alkanes of at least 4 members (excludes halogenated alkanes) is 3. The highest BCUT2D eigenvalue weighted by atomic mass is 32.2. The van der Waals surface area contributed by atoms with Gasteiger partial charge in [-0.1, -0.05) is 43.9 Å². The number of ether oxygens (including phenoxy) is 2. The van der Waals surface area contributed by atoms with Crippen molar-refractivity contribution in [3.63, 3.8) is 0 Å². The first-order valence-corrected chi connectivity index (χ1v) is 12.7. The number of aromatic nitrogens is 1. The van der Waals surface area contributed by atoms with Gasteiger partial charge in [0.25, 0.3) is 16.0 Å². The summed E-state index contributed by atoms with van der Waals surface area (Å²) in [4.78, 5) is 26.5. The van der Waals surface area contributed by atoms with Crippen molar-refractivity contribution >= 4 is 16.0 Å². The lowest BCUT2D eigenvalue weighted by molar-refractivity contribution is -0.00324. The molecule has 2 aliphatic heterocycles. The third kappa shape index (κ3) is 6.37. The SMILES string of the molecule is CCCCCCOc1c2n(ccc1=O)NC1COCCN1C2=O.Cc1ccc(S(=O)(=O)O)cc1. The number of benzene rings is 1. The van der Waals surface area contributed by atoms with Crippen LogP contribution in [0.2, 0.25) is 0 Å². The summed E-state index contributed by atoms with van der Waals surface area (Å²) < 4.78 is 42.2. The molecule has 0 aliphatic carbocycles. The molecule has 1 aromatic heterocycles. The van der Waals surface area contributed by atoms with Gasteiger partial charge in [-0.05, 0) is 25.5 Å². The second kappa shape index (κ2) is 11.5. The Hall–Kier alpha value is -2.89. The van der Waals surface area contributed by atoms with Crippen molar-refractivity contribution in [1.29, 1.82) is 0 Å². The van der Waals surface area contributed by atoms with Gasteiger partial charge in [0.15, 0.2) is 11.4 Å². The van der Waals surface area contributed by atoms with E-state index in [0.29, 0.717) is 26.4 Å². The third-order valence-corrected chi connectivity index (χ3v) is 6.37. The van der Waals surface area contributed by atoms with Crippen molar-refractivity contribution in [2.24, 2.45) is 0 Å². The fourth-order valence-electron chi connectivity index (χ4n) is 3.63. The van der Waals surface area contributed by atoms with E-state index in [-0.39, 0.29) is 33.8 Å². The number of pyridine rings is 1. The average molecular weight is 494 g/mol. The molecule has 2 N–H and O–H groups in total. The largest absolute Gasteiger partial charge is 0.487 e. The van der Waals surface area contributed by atoms with Crippen molar-refractivity contribution in [2.75, 3.05) is 31.8 Å². The van der Waals surface area contributed by atoms with Gasteiger partial charge in [-0.3, -0.25) is 18.8 Å². The van der Waals surface area contributed by atoms with Crippen LogP contribution >= 0.6 is 0 Å². The number of hydrogen-bond donors (Lipinski definition) is 2. The van der Waals surface area contributed by atoms with Crippen LogP contribution in [-0.4, -0.2) is 61.0 Å². The number of morpholine rings is 1. The monoisotopic (exact) mass is 493 g/mol. The average Bonchev–Trinajstić information content (AvgIpc) is 2.80. The summed E-state index contributed by atoms with van der Waals surface area (Å²) >= 11 is 0. The lowest BCUT2D eigenvalue weighted by atomic mass is 10.2. The molecule has 1 fully saturated rings. The summed E-state index contributed by atoms with van der Waals surface area (Å²) in [5, 5.41) is 0. The van der Waals surface area contributed by atoms with E-state index in [0.717, 1.165) is 31.2 Å². The fraction of sp³-hybridized carbons (Fsp3) is 0.478. The Morgan fingerprint density at radius 3 is 2.56 bits per heavy atom. The first-order valence-electron chi connectivity index (χ1n) is 11.3. The normalized spacial score (nSPS) is 17.1. The fourth-order valence-corrected chi connectivity index (χ4v) is 4.11. The quantitative estimate of drug-likeness (QED) is 0.445. The van der Waals surface area contributed by atoms with Crippen molar-refractivity contribution in [3.05, 3.63) is 58.0 Å². The number of nitrogens with one attached hydrogen (secondary N) is 1. The summed E-state index contributed by atoms with van der Waals surface area (Å²) in [6.45, 7) is 5.89. The molecule has 1 atom stereocenters. The van der Waals surface area contributed by atoms with Crippen LogP contribution in [0, 0.1) is 6.92 Å². The van der Waals surface area contributed by atoms with Gasteiger partial charge in [-0.15, -0.1) is 0 Å². The Kier molecular flexibility index (Phi) is 8.70. The van der Waals surface area contributed by atoms with Gasteiger partial charge in [0.1, 0.15) is 6.17 Å². The first kappa shape index (κ1) is 25.7. The summed E-state index contributed by atoms with van der Waals surface area (Å²) in [5.41, 5.74) is 4.17. The van der Waals surface area contributed by atoms with Crippen LogP contribution in [-0.2, 0) is 14.9 Å². The molecule has 0 radical (unpaired) electrons. The molecule has 34 heavy (non-hydrogen) atoms. The number of nitrogens with zero attached hydrogens (tertiary/aromatic N) is 2. The van der Waals surface area contributed by atoms with E-state index in [2.05, 4.69) is 12.3 Å². The zero-order valence-electron chi connectivity index (χ0n) is 19.4. The minimum absolute atomic E-state index is 0.0666. The van der Waals surface area contributed by atoms with E-state index < -0.39 is 10.1 Å². The zero-order valence-corrected chi connectivity index (χ0v) is 20.2. The second-order valence-electron chi connectivity index (χ2n) is 8.14. The Balaban J connectivity index is 0.000000248. The summed E-state index contributed by atoms with van der Waals surface area (Å²) in [7, 11) is -4.02. The molecule has 11 heteroatoms. The zero-order chi connectivity index (χ0) is 24.7. The van der Waals surface area contributed by atoms with Crippen molar-refractivity contribution in [1.82, 2.24) is 9.58 Å². The number of amides is 1. The highest BCUT2D eigenvalue weighted by Crippen LogP contribution is 2.22. The molecule has 186 valence electrons. The van der Waals surface area contributed by atoms with Gasteiger partial charge in [0.05, 0.1) is 24.7 Å². The predicted molar refractivity (Wildman–Crippen MR) is 126 cm³/mol. The van der Waals surface area contributed by atoms with Crippen LogP contribution in [0.1, 0.15) is 48.7 Å². The Labute approximate surface area is 199 Å². The van der Waals surface area contributed by atoms with E-state index in [4.69, 9.17) is 14.0 Å². The molecular weight excluding hydrogens is 462 g/mol. The molecule has 1 aromatic carbocycles. The number of rotatable bonds is 7. The highest BCUT2D eigenvalue weighted by molar-refractivity contribution is 7.85. The number of carbonyl (C=O) groups excluding carboxylic acids is 1. The molecule has 1 amide bonds. The molecule has 0 saturated carbocycles. The lowest BCUT2D eigenvalue weighted by Gasteiger charge is -2.41. The summed E-state index contributed by atoms with van der Waals surface area (Å²) in [6, 6.07) is 7.41. The van der Waals surface area contributed by atoms with E-state index in [1.165, 1.54) is 18.2 Å². The summed E-state index contributed by atoms with van der Waals surface area (Å²) in [6.07, 6.45) is 5.60. The smallest absolute Gasteiger partial charge is 0.294 e. The van der Waals surface area contributed by atoms with Gasteiger partial charge in [0, 0.05) is 18.8 Å². The van der Waals surface area contributed by atoms with Crippen molar-refractivity contribution in [3.8, 4) is 5.75 Å². The minimum atomic E-state index is -4.02. The molecular formula is C23H31N3O7S. The maximum atomic E-state index is 12.7. The van der Waals surface area contributed by atoms with E-state index >= 15 is 0 Å². The Bertz CT molecular complexity index is 1150. The summed E-state index contributed by atoms with van der Waals surface area (Å²) in [5.74, 6) is -0.0373. The van der Waals surface area contributed by atoms with Crippen LogP contribution in [0.5, 0.6) is 5.75 Å². The van der Waals surface area contributed by atoms with E-state index in [1.807, 2.05) is 6.92 Å². The Morgan fingerprint density at radius 2 is 1.88 bits per heavy atom. The molecule has 3 heterocycles. The van der Waals surface area contributed by atoms with E-state index in [1.54, 1.807) is 27.9 Å².